The van der Waals surface area contributed by atoms with Gasteiger partial charge < -0.3 is 19.9 Å². The number of imidazole rings is 1. The summed E-state index contributed by atoms with van der Waals surface area (Å²) in [7, 11) is -1.80. The molecule has 1 unspecified atom stereocenters. The summed E-state index contributed by atoms with van der Waals surface area (Å²) in [5.41, 5.74) is 7.44. The van der Waals surface area contributed by atoms with Crippen molar-refractivity contribution in [3.05, 3.63) is 30.6 Å². The summed E-state index contributed by atoms with van der Waals surface area (Å²) in [4.78, 5) is 27.8. The molecular formula is C23H30N10O3S2. The van der Waals surface area contributed by atoms with E-state index in [0.29, 0.717) is 50.5 Å². The summed E-state index contributed by atoms with van der Waals surface area (Å²) in [5, 5.41) is 0.405. The van der Waals surface area contributed by atoms with Gasteiger partial charge in [-0.2, -0.15) is 4.31 Å². The van der Waals surface area contributed by atoms with Gasteiger partial charge in [0.05, 0.1) is 35.7 Å². The molecule has 3 aliphatic rings. The van der Waals surface area contributed by atoms with Crippen molar-refractivity contribution in [3.63, 3.8) is 0 Å². The largest absolute Gasteiger partial charge is 0.378 e. The average molecular weight is 559 g/mol. The van der Waals surface area contributed by atoms with Gasteiger partial charge in [0.25, 0.3) is 10.0 Å². The fourth-order valence-electron chi connectivity index (χ4n) is 4.94. The highest BCUT2D eigenvalue weighted by Crippen LogP contribution is 2.43. The van der Waals surface area contributed by atoms with Crippen LogP contribution >= 0.6 is 11.8 Å². The summed E-state index contributed by atoms with van der Waals surface area (Å²) in [5.74, 6) is 1.75. The Bertz CT molecular complexity index is 1400. The second kappa shape index (κ2) is 10.4. The summed E-state index contributed by atoms with van der Waals surface area (Å²) in [6.45, 7) is 5.98. The zero-order chi connectivity index (χ0) is 26.3. The van der Waals surface area contributed by atoms with Crippen LogP contribution in [0.5, 0.6) is 0 Å². The predicted molar refractivity (Wildman–Crippen MR) is 142 cm³/mol. The Labute approximate surface area is 225 Å². The first kappa shape index (κ1) is 25.4. The third-order valence-electron chi connectivity index (χ3n) is 6.94. The molecule has 2 fully saturated rings. The Kier molecular flexibility index (Phi) is 6.94. The molecule has 6 rings (SSSR count). The van der Waals surface area contributed by atoms with E-state index in [9.17, 15) is 8.42 Å². The SMILES string of the molecule is Cn1cnc(S(=O)(=O)N2CCN(CC3Cc4nc(-c5cnc(N)nc5)nc(N5CCOCC5)c4S3)CC2)c1. The van der Waals surface area contributed by atoms with E-state index >= 15 is 0 Å². The maximum absolute atomic E-state index is 12.9. The maximum atomic E-state index is 12.9. The molecule has 0 radical (unpaired) electrons. The van der Waals surface area contributed by atoms with Crippen molar-refractivity contribution in [3.8, 4) is 11.4 Å². The quantitative estimate of drug-likeness (QED) is 0.438. The number of nitrogens with zero attached hydrogens (tertiary/aromatic N) is 9. The standard InChI is InChI=1S/C23H30N10O3S2/c1-30-14-19(27-15-30)38(34,35)33-4-2-31(3-5-33)13-17-10-18-20(37-17)22(32-6-8-36-9-7-32)29-21(28-18)16-11-25-23(24)26-12-16/h11-12,14-15,17H,2-10,13H2,1H3,(H2,24,25,26). The van der Waals surface area contributed by atoms with E-state index in [1.807, 2.05) is 11.8 Å². The van der Waals surface area contributed by atoms with E-state index in [1.54, 1.807) is 30.2 Å². The molecule has 0 aliphatic carbocycles. The minimum Gasteiger partial charge on any atom is -0.378 e. The number of ether oxygens (including phenoxy) is 1. The highest BCUT2D eigenvalue weighted by atomic mass is 32.2. The maximum Gasteiger partial charge on any atom is 0.262 e. The molecular weight excluding hydrogens is 528 g/mol. The normalized spacial score (nSPS) is 21.1. The number of aromatic nitrogens is 6. The minimum atomic E-state index is -3.57. The van der Waals surface area contributed by atoms with Crippen LogP contribution in [0.4, 0.5) is 11.8 Å². The number of hydrogen-bond acceptors (Lipinski definition) is 12. The first-order valence-corrected chi connectivity index (χ1v) is 14.9. The van der Waals surface area contributed by atoms with E-state index in [1.165, 1.54) is 10.6 Å². The van der Waals surface area contributed by atoms with Crippen LogP contribution in [0.3, 0.4) is 0 Å². The first-order valence-electron chi connectivity index (χ1n) is 12.6. The van der Waals surface area contributed by atoms with Gasteiger partial charge >= 0.3 is 0 Å². The smallest absolute Gasteiger partial charge is 0.262 e. The van der Waals surface area contributed by atoms with Gasteiger partial charge in [-0.05, 0) is 0 Å². The zero-order valence-corrected chi connectivity index (χ0v) is 22.7. The number of rotatable bonds is 6. The molecule has 15 heteroatoms. The number of sulfonamides is 1. The third-order valence-corrected chi connectivity index (χ3v) is 10.0. The van der Waals surface area contributed by atoms with E-state index < -0.39 is 10.0 Å². The fourth-order valence-corrected chi connectivity index (χ4v) is 7.73. The monoisotopic (exact) mass is 558 g/mol. The van der Waals surface area contributed by atoms with Crippen LogP contribution in [0.1, 0.15) is 5.69 Å². The highest BCUT2D eigenvalue weighted by Gasteiger charge is 2.34. The number of thioether (sulfide) groups is 1. The van der Waals surface area contributed by atoms with Gasteiger partial charge in [0, 0.05) is 83.1 Å². The lowest BCUT2D eigenvalue weighted by atomic mass is 10.2. The third kappa shape index (κ3) is 5.08. The summed E-state index contributed by atoms with van der Waals surface area (Å²) in [6.07, 6.45) is 7.19. The number of piperazine rings is 1. The molecule has 3 aromatic heterocycles. The van der Waals surface area contributed by atoms with Gasteiger partial charge in [0.15, 0.2) is 10.9 Å². The second-order valence-corrected chi connectivity index (χ2v) is 12.8. The van der Waals surface area contributed by atoms with E-state index in [2.05, 4.69) is 24.8 Å². The van der Waals surface area contributed by atoms with Gasteiger partial charge in [-0.1, -0.05) is 0 Å². The highest BCUT2D eigenvalue weighted by molar-refractivity contribution is 8.00. The Hall–Kier alpha value is -2.85. The van der Waals surface area contributed by atoms with Gasteiger partial charge in [-0.3, -0.25) is 4.90 Å². The Morgan fingerprint density at radius 3 is 2.47 bits per heavy atom. The number of nitrogens with two attached hydrogens (primary N) is 1. The van der Waals surface area contributed by atoms with Crippen molar-refractivity contribution < 1.29 is 13.2 Å². The van der Waals surface area contributed by atoms with Crippen molar-refractivity contribution in [2.45, 2.75) is 21.6 Å². The van der Waals surface area contributed by atoms with E-state index in [0.717, 1.165) is 48.0 Å². The molecule has 0 aromatic carbocycles. The van der Waals surface area contributed by atoms with Crippen molar-refractivity contribution in [2.24, 2.45) is 7.05 Å². The Balaban J connectivity index is 1.16. The lowest BCUT2D eigenvalue weighted by Gasteiger charge is -2.34. The lowest BCUT2D eigenvalue weighted by Crippen LogP contribution is -2.50. The molecule has 6 heterocycles. The predicted octanol–water partition coefficient (Wildman–Crippen LogP) is 0.109. The molecule has 0 saturated carbocycles. The van der Waals surface area contributed by atoms with Crippen LogP contribution in [0.25, 0.3) is 11.4 Å². The van der Waals surface area contributed by atoms with Crippen LogP contribution in [0.15, 0.2) is 34.8 Å². The molecule has 13 nitrogen and oxygen atoms in total. The fraction of sp³-hybridized carbons (Fsp3) is 0.522. The van der Waals surface area contributed by atoms with Crippen LogP contribution in [0.2, 0.25) is 0 Å². The van der Waals surface area contributed by atoms with Crippen LogP contribution < -0.4 is 10.6 Å². The van der Waals surface area contributed by atoms with Crippen molar-refractivity contribution in [1.82, 2.24) is 38.7 Å². The number of morpholine rings is 1. The van der Waals surface area contributed by atoms with Crippen molar-refractivity contribution in [2.75, 3.05) is 69.7 Å². The first-order chi connectivity index (χ1) is 18.4. The van der Waals surface area contributed by atoms with Crippen LogP contribution in [-0.4, -0.2) is 111 Å². The summed E-state index contributed by atoms with van der Waals surface area (Å²) >= 11 is 1.82. The number of anilines is 2. The molecule has 0 spiro atoms. The van der Waals surface area contributed by atoms with Crippen molar-refractivity contribution in [1.29, 1.82) is 0 Å². The van der Waals surface area contributed by atoms with Gasteiger partial charge in [-0.15, -0.1) is 11.8 Å². The second-order valence-electron chi connectivity index (χ2n) is 9.60. The minimum absolute atomic E-state index is 0.103. The van der Waals surface area contributed by atoms with Crippen LogP contribution in [-0.2, 0) is 28.2 Å². The molecule has 1 atom stereocenters. The molecule has 38 heavy (non-hydrogen) atoms. The van der Waals surface area contributed by atoms with Crippen LogP contribution in [0, 0.1) is 0 Å². The van der Waals surface area contributed by atoms with Crippen molar-refractivity contribution >= 4 is 33.6 Å². The molecule has 0 amide bonds. The summed E-state index contributed by atoms with van der Waals surface area (Å²) < 4.78 is 34.6. The Morgan fingerprint density at radius 1 is 1.05 bits per heavy atom. The number of hydrogen-bond donors (Lipinski definition) is 1. The molecule has 202 valence electrons. The molecule has 2 saturated heterocycles. The zero-order valence-electron chi connectivity index (χ0n) is 21.1. The summed E-state index contributed by atoms with van der Waals surface area (Å²) in [6, 6.07) is 0. The van der Waals surface area contributed by atoms with Gasteiger partial charge in [0.1, 0.15) is 5.82 Å². The number of nitrogen functional groups attached to an aromatic ring is 1. The number of aryl methyl sites for hydroxylation is 1. The van der Waals surface area contributed by atoms with E-state index in [-0.39, 0.29) is 11.0 Å². The average Bonchev–Trinajstić information content (AvgIpc) is 3.55. The topological polar surface area (TPSA) is 148 Å². The lowest BCUT2D eigenvalue weighted by molar-refractivity contribution is 0.122. The van der Waals surface area contributed by atoms with Gasteiger partial charge in [-0.25, -0.2) is 33.3 Å². The van der Waals surface area contributed by atoms with Gasteiger partial charge in [0.2, 0.25) is 5.95 Å². The van der Waals surface area contributed by atoms with E-state index in [4.69, 9.17) is 20.4 Å². The number of fused-ring (bicyclic) bond motifs is 1. The molecule has 3 aliphatic heterocycles. The molecule has 2 N–H and O–H groups in total. The Morgan fingerprint density at radius 2 is 1.79 bits per heavy atom. The molecule has 3 aromatic rings. The molecule has 0 bridgehead atoms.